The lowest BCUT2D eigenvalue weighted by atomic mass is 10.2. The molecule has 6 nitrogen and oxygen atoms in total. The highest BCUT2D eigenvalue weighted by molar-refractivity contribution is 7.90. The van der Waals surface area contributed by atoms with Crippen molar-refractivity contribution >= 4 is 15.9 Å². The largest absolute Gasteiger partial charge is 0.454 e. The van der Waals surface area contributed by atoms with Gasteiger partial charge in [0.25, 0.3) is 15.9 Å². The molecule has 1 heterocycles. The van der Waals surface area contributed by atoms with Crippen molar-refractivity contribution in [3.05, 3.63) is 54.1 Å². The Morgan fingerprint density at radius 3 is 2.48 bits per heavy atom. The first-order valence-electron chi connectivity index (χ1n) is 6.08. The molecule has 2 aromatic carbocycles. The van der Waals surface area contributed by atoms with Gasteiger partial charge in [-0.1, -0.05) is 18.2 Å². The van der Waals surface area contributed by atoms with E-state index in [1.165, 1.54) is 24.3 Å². The van der Waals surface area contributed by atoms with Crippen LogP contribution < -0.4 is 14.2 Å². The molecule has 1 amide bonds. The Morgan fingerprint density at radius 1 is 1.00 bits per heavy atom. The quantitative estimate of drug-likeness (QED) is 0.930. The van der Waals surface area contributed by atoms with E-state index in [0.717, 1.165) is 0 Å². The number of carbonyl (C=O) groups is 1. The van der Waals surface area contributed by atoms with Crippen molar-refractivity contribution in [1.82, 2.24) is 4.72 Å². The first kappa shape index (κ1) is 13.4. The number of ether oxygens (including phenoxy) is 2. The van der Waals surface area contributed by atoms with E-state index < -0.39 is 15.9 Å². The SMILES string of the molecule is O=C(NS(=O)(=O)c1ccccc1)c1ccc2c(c1)OCO2. The van der Waals surface area contributed by atoms with Crippen molar-refractivity contribution in [3.63, 3.8) is 0 Å². The number of nitrogens with one attached hydrogen (secondary N) is 1. The van der Waals surface area contributed by atoms with Crippen LogP contribution in [0.1, 0.15) is 10.4 Å². The highest BCUT2D eigenvalue weighted by Gasteiger charge is 2.21. The first-order valence-corrected chi connectivity index (χ1v) is 7.56. The van der Waals surface area contributed by atoms with Crippen LogP contribution in [0.5, 0.6) is 11.5 Å². The maximum absolute atomic E-state index is 12.1. The fourth-order valence-electron chi connectivity index (χ4n) is 1.88. The van der Waals surface area contributed by atoms with E-state index in [9.17, 15) is 13.2 Å². The van der Waals surface area contributed by atoms with Gasteiger partial charge in [-0.3, -0.25) is 4.79 Å². The molecule has 0 aliphatic carbocycles. The Hall–Kier alpha value is -2.54. The third-order valence-electron chi connectivity index (χ3n) is 2.92. The lowest BCUT2D eigenvalue weighted by Crippen LogP contribution is -2.30. The van der Waals surface area contributed by atoms with Gasteiger partial charge in [0.05, 0.1) is 4.90 Å². The minimum absolute atomic E-state index is 0.0269. The third kappa shape index (κ3) is 2.68. The van der Waals surface area contributed by atoms with Crippen molar-refractivity contribution in [2.75, 3.05) is 6.79 Å². The van der Waals surface area contributed by atoms with Gasteiger partial charge in [0.1, 0.15) is 0 Å². The second-order valence-electron chi connectivity index (χ2n) is 4.32. The Labute approximate surface area is 121 Å². The van der Waals surface area contributed by atoms with Gasteiger partial charge in [-0.15, -0.1) is 0 Å². The Morgan fingerprint density at radius 2 is 1.71 bits per heavy atom. The van der Waals surface area contributed by atoms with Crippen LogP contribution in [0.3, 0.4) is 0 Å². The van der Waals surface area contributed by atoms with E-state index in [2.05, 4.69) is 0 Å². The van der Waals surface area contributed by atoms with Crippen molar-refractivity contribution in [2.24, 2.45) is 0 Å². The van der Waals surface area contributed by atoms with Crippen LogP contribution in [0, 0.1) is 0 Å². The fraction of sp³-hybridized carbons (Fsp3) is 0.0714. The summed E-state index contributed by atoms with van der Waals surface area (Å²) in [5.41, 5.74) is 0.179. The number of hydrogen-bond donors (Lipinski definition) is 1. The van der Waals surface area contributed by atoms with Gasteiger partial charge in [0.15, 0.2) is 11.5 Å². The molecule has 2 aromatic rings. The molecule has 0 fully saturated rings. The molecule has 0 saturated carbocycles. The van der Waals surface area contributed by atoms with Crippen LogP contribution >= 0.6 is 0 Å². The number of fused-ring (bicyclic) bond motifs is 1. The molecule has 3 rings (SSSR count). The molecule has 1 aliphatic rings. The molecule has 0 atom stereocenters. The number of amides is 1. The average Bonchev–Trinajstić information content (AvgIpc) is 2.95. The van der Waals surface area contributed by atoms with Crippen molar-refractivity contribution in [3.8, 4) is 11.5 Å². The van der Waals surface area contributed by atoms with E-state index in [-0.39, 0.29) is 17.3 Å². The van der Waals surface area contributed by atoms with E-state index in [0.29, 0.717) is 11.5 Å². The first-order chi connectivity index (χ1) is 10.1. The molecule has 0 aromatic heterocycles. The normalized spacial score (nSPS) is 13.0. The van der Waals surface area contributed by atoms with Crippen molar-refractivity contribution < 1.29 is 22.7 Å². The lowest BCUT2D eigenvalue weighted by Gasteiger charge is -2.07. The second-order valence-corrected chi connectivity index (χ2v) is 6.00. The summed E-state index contributed by atoms with van der Waals surface area (Å²) >= 11 is 0. The zero-order chi connectivity index (χ0) is 14.9. The van der Waals surface area contributed by atoms with Crippen molar-refractivity contribution in [2.45, 2.75) is 4.90 Å². The minimum Gasteiger partial charge on any atom is -0.454 e. The maximum Gasteiger partial charge on any atom is 0.265 e. The molecule has 0 spiro atoms. The summed E-state index contributed by atoms with van der Waals surface area (Å²) in [6.45, 7) is 0.0860. The molecule has 0 saturated heterocycles. The molecule has 108 valence electrons. The molecule has 0 radical (unpaired) electrons. The zero-order valence-electron chi connectivity index (χ0n) is 10.8. The van der Waals surface area contributed by atoms with Gasteiger partial charge in [-0.25, -0.2) is 13.1 Å². The third-order valence-corrected chi connectivity index (χ3v) is 4.26. The zero-order valence-corrected chi connectivity index (χ0v) is 11.6. The predicted molar refractivity (Wildman–Crippen MR) is 73.7 cm³/mol. The van der Waals surface area contributed by atoms with E-state index in [4.69, 9.17) is 9.47 Å². The molecule has 0 unspecified atom stereocenters. The van der Waals surface area contributed by atoms with Crippen LogP contribution in [0.25, 0.3) is 0 Å². The Kier molecular flexibility index (Phi) is 3.26. The van der Waals surface area contributed by atoms with E-state index >= 15 is 0 Å². The summed E-state index contributed by atoms with van der Waals surface area (Å²) in [7, 11) is -3.89. The summed E-state index contributed by atoms with van der Waals surface area (Å²) in [5.74, 6) is 0.217. The number of carbonyl (C=O) groups excluding carboxylic acids is 1. The molecule has 0 bridgehead atoms. The van der Waals surface area contributed by atoms with E-state index in [1.807, 2.05) is 4.72 Å². The fourth-order valence-corrected chi connectivity index (χ4v) is 2.87. The van der Waals surface area contributed by atoms with Gasteiger partial charge < -0.3 is 9.47 Å². The standard InChI is InChI=1S/C14H11NO5S/c16-14(10-6-7-12-13(8-10)20-9-19-12)15-21(17,18)11-4-2-1-3-5-11/h1-8H,9H2,(H,15,16). The maximum atomic E-state index is 12.1. The number of hydrogen-bond acceptors (Lipinski definition) is 5. The van der Waals surface area contributed by atoms with Crippen LogP contribution in [0.15, 0.2) is 53.4 Å². The van der Waals surface area contributed by atoms with Crippen molar-refractivity contribution in [1.29, 1.82) is 0 Å². The number of rotatable bonds is 3. The molecular weight excluding hydrogens is 294 g/mol. The molecule has 1 aliphatic heterocycles. The topological polar surface area (TPSA) is 81.7 Å². The van der Waals surface area contributed by atoms with E-state index in [1.54, 1.807) is 24.3 Å². The number of sulfonamides is 1. The monoisotopic (exact) mass is 305 g/mol. The molecule has 21 heavy (non-hydrogen) atoms. The summed E-state index contributed by atoms with van der Waals surface area (Å²) in [5, 5.41) is 0. The predicted octanol–water partition coefficient (Wildman–Crippen LogP) is 1.53. The minimum atomic E-state index is -3.89. The van der Waals surface area contributed by atoms with Gasteiger partial charge >= 0.3 is 0 Å². The highest BCUT2D eigenvalue weighted by atomic mass is 32.2. The molecule has 1 N–H and O–H groups in total. The van der Waals surface area contributed by atoms with Gasteiger partial charge in [0, 0.05) is 5.56 Å². The summed E-state index contributed by atoms with van der Waals surface area (Å²) in [6.07, 6.45) is 0. The van der Waals surface area contributed by atoms with Crippen LogP contribution in [0.2, 0.25) is 0 Å². The van der Waals surface area contributed by atoms with Gasteiger partial charge in [-0.2, -0.15) is 0 Å². The van der Waals surface area contributed by atoms with Crippen LogP contribution in [-0.4, -0.2) is 21.1 Å². The Balaban J connectivity index is 1.84. The second kappa shape index (κ2) is 5.10. The van der Waals surface area contributed by atoms with Gasteiger partial charge in [-0.05, 0) is 30.3 Å². The summed E-state index contributed by atoms with van der Waals surface area (Å²) in [6, 6.07) is 12.2. The molecular formula is C14H11NO5S. The highest BCUT2D eigenvalue weighted by Crippen LogP contribution is 2.32. The Bertz CT molecular complexity index is 786. The lowest BCUT2D eigenvalue weighted by molar-refractivity contribution is 0.0981. The van der Waals surface area contributed by atoms with Crippen LogP contribution in [-0.2, 0) is 10.0 Å². The van der Waals surface area contributed by atoms with Gasteiger partial charge in [0.2, 0.25) is 6.79 Å². The summed E-state index contributed by atoms with van der Waals surface area (Å²) in [4.78, 5) is 12.1. The number of benzene rings is 2. The average molecular weight is 305 g/mol. The molecule has 7 heteroatoms. The smallest absolute Gasteiger partial charge is 0.265 e. The van der Waals surface area contributed by atoms with Crippen LogP contribution in [0.4, 0.5) is 0 Å². The summed E-state index contributed by atoms with van der Waals surface area (Å²) < 4.78 is 36.4.